The molecule has 0 radical (unpaired) electrons. The molecule has 1 unspecified atom stereocenters. The minimum atomic E-state index is 0.161. The van der Waals surface area contributed by atoms with Crippen LogP contribution in [0, 0.1) is 0 Å². The number of furan rings is 1. The molecule has 1 heterocycles. The van der Waals surface area contributed by atoms with Crippen molar-refractivity contribution in [2.45, 2.75) is 25.3 Å². The molecule has 57 heavy (non-hydrogen) atoms. The molecule has 0 saturated heterocycles. The topological polar surface area (TPSA) is 19.6 Å². The van der Waals surface area contributed by atoms with Crippen molar-refractivity contribution >= 4 is 83.4 Å². The van der Waals surface area contributed by atoms with Crippen molar-refractivity contribution in [1.82, 2.24) is 0 Å². The van der Waals surface area contributed by atoms with Gasteiger partial charge in [0, 0.05) is 49.2 Å². The Bertz CT molecular complexity index is 3160. The SMILES string of the molecule is C1=CC(N(c2ccccc2)c2cccc3ccccc23)CC=C1C1=c2c(oc3c2cc(N(c2ccccc2)c2cccc4ccccc24)c2ccccc23)=CCC1. The van der Waals surface area contributed by atoms with E-state index < -0.39 is 0 Å². The summed E-state index contributed by atoms with van der Waals surface area (Å²) in [5.41, 5.74) is 10.4. The number of hydrogen-bond acceptors (Lipinski definition) is 3. The molecular weight excluding hydrogens is 693 g/mol. The zero-order valence-electron chi connectivity index (χ0n) is 31.6. The molecule has 0 N–H and O–H groups in total. The highest BCUT2D eigenvalue weighted by Gasteiger charge is 2.25. The second kappa shape index (κ2) is 13.9. The fraction of sp³-hybridized carbons (Fsp3) is 0.0741. The van der Waals surface area contributed by atoms with Gasteiger partial charge < -0.3 is 14.2 Å². The van der Waals surface area contributed by atoms with Gasteiger partial charge in [0.05, 0.1) is 17.4 Å². The summed E-state index contributed by atoms with van der Waals surface area (Å²) in [6.07, 6.45) is 12.3. The summed E-state index contributed by atoms with van der Waals surface area (Å²) in [6, 6.07) is 63.5. The first-order valence-electron chi connectivity index (χ1n) is 20.0. The monoisotopic (exact) mass is 732 g/mol. The molecule has 0 aliphatic heterocycles. The second-order valence-corrected chi connectivity index (χ2v) is 15.1. The highest BCUT2D eigenvalue weighted by molar-refractivity contribution is 6.14. The van der Waals surface area contributed by atoms with E-state index >= 15 is 0 Å². The van der Waals surface area contributed by atoms with Crippen LogP contribution in [-0.4, -0.2) is 6.04 Å². The maximum absolute atomic E-state index is 6.90. The fourth-order valence-electron chi connectivity index (χ4n) is 9.25. The average Bonchev–Trinajstić information content (AvgIpc) is 3.67. The molecule has 2 aliphatic carbocycles. The smallest absolute Gasteiger partial charge is 0.143 e. The molecule has 11 rings (SSSR count). The number of anilines is 5. The highest BCUT2D eigenvalue weighted by atomic mass is 16.3. The van der Waals surface area contributed by atoms with Crippen LogP contribution in [0.25, 0.3) is 54.9 Å². The Morgan fingerprint density at radius 2 is 1.09 bits per heavy atom. The molecule has 8 aromatic carbocycles. The predicted octanol–water partition coefficient (Wildman–Crippen LogP) is 13.2. The summed E-state index contributed by atoms with van der Waals surface area (Å²) < 4.78 is 6.90. The maximum Gasteiger partial charge on any atom is 0.143 e. The molecule has 0 spiro atoms. The first kappa shape index (κ1) is 33.3. The van der Waals surface area contributed by atoms with Crippen LogP contribution in [0.2, 0.25) is 0 Å². The number of benzene rings is 8. The van der Waals surface area contributed by atoms with Crippen molar-refractivity contribution in [3.05, 3.63) is 210 Å². The predicted molar refractivity (Wildman–Crippen MR) is 240 cm³/mol. The van der Waals surface area contributed by atoms with Crippen LogP contribution >= 0.6 is 0 Å². The lowest BCUT2D eigenvalue weighted by Gasteiger charge is -2.34. The molecule has 3 nitrogen and oxygen atoms in total. The summed E-state index contributed by atoms with van der Waals surface area (Å²) in [6.45, 7) is 0. The molecule has 9 aromatic rings. The van der Waals surface area contributed by atoms with E-state index in [1.165, 1.54) is 49.3 Å². The summed E-state index contributed by atoms with van der Waals surface area (Å²) in [5.74, 6) is 0. The van der Waals surface area contributed by atoms with E-state index in [4.69, 9.17) is 4.42 Å². The standard InChI is InChI=1S/C54H40N2O/c1-3-20-40(21-4-1)55(49-29-13-18-37-16-7-9-24-43(37)49)42-34-32-39(33-35-42)45-28-15-31-52-53(45)48-36-51(46-26-11-12-27-47(46)54(48)57-52)56(41-22-5-2-6-23-41)50-30-14-19-38-17-8-10-25-44(38)50/h1-14,16-27,29-34,36,42H,15,28,35H2. The van der Waals surface area contributed by atoms with E-state index in [0.717, 1.165) is 63.5 Å². The number of rotatable bonds is 7. The molecule has 0 amide bonds. The van der Waals surface area contributed by atoms with Crippen LogP contribution in [-0.2, 0) is 0 Å². The van der Waals surface area contributed by atoms with Crippen LogP contribution in [0.5, 0.6) is 0 Å². The van der Waals surface area contributed by atoms with Crippen molar-refractivity contribution in [3.8, 4) is 0 Å². The second-order valence-electron chi connectivity index (χ2n) is 15.1. The quantitative estimate of drug-likeness (QED) is 0.163. The third-order valence-electron chi connectivity index (χ3n) is 11.8. The minimum absolute atomic E-state index is 0.161. The third kappa shape index (κ3) is 5.66. The Hall–Kier alpha value is -7.10. The van der Waals surface area contributed by atoms with Gasteiger partial charge in [0.1, 0.15) is 11.0 Å². The minimum Gasteiger partial charge on any atom is -0.456 e. The zero-order valence-corrected chi connectivity index (χ0v) is 31.6. The Morgan fingerprint density at radius 1 is 0.491 bits per heavy atom. The molecule has 272 valence electrons. The summed E-state index contributed by atoms with van der Waals surface area (Å²) in [4.78, 5) is 4.94. The molecule has 0 fully saturated rings. The molecule has 1 atom stereocenters. The van der Waals surface area contributed by atoms with Gasteiger partial charge >= 0.3 is 0 Å². The fourth-order valence-corrected chi connectivity index (χ4v) is 9.25. The Morgan fingerprint density at radius 3 is 1.79 bits per heavy atom. The Balaban J connectivity index is 1.09. The Labute approximate surface area is 332 Å². The van der Waals surface area contributed by atoms with Crippen molar-refractivity contribution in [1.29, 1.82) is 0 Å². The number of allylic oxidation sites excluding steroid dienone is 2. The first-order valence-corrected chi connectivity index (χ1v) is 20.0. The molecule has 2 aliphatic rings. The van der Waals surface area contributed by atoms with Crippen LogP contribution in [0.4, 0.5) is 28.4 Å². The van der Waals surface area contributed by atoms with Gasteiger partial charge in [-0.1, -0.05) is 152 Å². The van der Waals surface area contributed by atoms with E-state index in [1.807, 2.05) is 0 Å². The van der Waals surface area contributed by atoms with E-state index in [-0.39, 0.29) is 6.04 Å². The van der Waals surface area contributed by atoms with E-state index in [2.05, 4.69) is 210 Å². The summed E-state index contributed by atoms with van der Waals surface area (Å²) in [7, 11) is 0. The van der Waals surface area contributed by atoms with Crippen LogP contribution in [0.1, 0.15) is 19.3 Å². The van der Waals surface area contributed by atoms with Crippen LogP contribution in [0.15, 0.2) is 204 Å². The molecule has 0 saturated carbocycles. The van der Waals surface area contributed by atoms with E-state index in [9.17, 15) is 0 Å². The molecule has 3 heteroatoms. The number of para-hydroxylation sites is 2. The number of hydrogen-bond donors (Lipinski definition) is 0. The van der Waals surface area contributed by atoms with Gasteiger partial charge in [0.15, 0.2) is 0 Å². The van der Waals surface area contributed by atoms with Crippen LogP contribution in [0.3, 0.4) is 0 Å². The molecular formula is C54H40N2O. The van der Waals surface area contributed by atoms with Gasteiger partial charge in [-0.3, -0.25) is 0 Å². The van der Waals surface area contributed by atoms with E-state index in [1.54, 1.807) is 0 Å². The van der Waals surface area contributed by atoms with Gasteiger partial charge in [-0.15, -0.1) is 0 Å². The average molecular weight is 733 g/mol. The Kier molecular flexibility index (Phi) is 8.10. The first-order chi connectivity index (χ1) is 28.3. The van der Waals surface area contributed by atoms with Crippen molar-refractivity contribution in [3.63, 3.8) is 0 Å². The van der Waals surface area contributed by atoms with Crippen LogP contribution < -0.4 is 20.4 Å². The van der Waals surface area contributed by atoms with Gasteiger partial charge in [0.25, 0.3) is 0 Å². The van der Waals surface area contributed by atoms with Crippen molar-refractivity contribution in [2.75, 3.05) is 9.80 Å². The molecule has 1 aromatic heterocycles. The normalized spacial score (nSPS) is 15.1. The highest BCUT2D eigenvalue weighted by Crippen LogP contribution is 2.44. The number of nitrogens with zero attached hydrogens (tertiary/aromatic N) is 2. The van der Waals surface area contributed by atoms with Gasteiger partial charge in [-0.25, -0.2) is 0 Å². The van der Waals surface area contributed by atoms with Gasteiger partial charge in [0.2, 0.25) is 0 Å². The third-order valence-corrected chi connectivity index (χ3v) is 11.8. The number of fused-ring (bicyclic) bond motifs is 7. The summed E-state index contributed by atoms with van der Waals surface area (Å²) >= 11 is 0. The van der Waals surface area contributed by atoms with E-state index in [0.29, 0.717) is 0 Å². The lowest BCUT2D eigenvalue weighted by Crippen LogP contribution is -2.31. The largest absolute Gasteiger partial charge is 0.456 e. The lowest BCUT2D eigenvalue weighted by molar-refractivity contribution is 0.574. The lowest BCUT2D eigenvalue weighted by atomic mass is 9.89. The van der Waals surface area contributed by atoms with Gasteiger partial charge in [-0.2, -0.15) is 0 Å². The van der Waals surface area contributed by atoms with Crippen molar-refractivity contribution in [2.24, 2.45) is 0 Å². The van der Waals surface area contributed by atoms with Gasteiger partial charge in [-0.05, 0) is 89.7 Å². The molecule has 0 bridgehead atoms. The van der Waals surface area contributed by atoms with Crippen molar-refractivity contribution < 1.29 is 4.42 Å². The zero-order chi connectivity index (χ0) is 37.7. The summed E-state index contributed by atoms with van der Waals surface area (Å²) in [5, 5.41) is 9.59. The maximum atomic E-state index is 6.90.